The van der Waals surface area contributed by atoms with Crippen LogP contribution in [0.2, 0.25) is 0 Å². The molecule has 1 aliphatic rings. The van der Waals surface area contributed by atoms with Crippen molar-refractivity contribution >= 4 is 5.78 Å². The van der Waals surface area contributed by atoms with Crippen molar-refractivity contribution in [3.63, 3.8) is 0 Å². The summed E-state index contributed by atoms with van der Waals surface area (Å²) in [5.74, 6) is -1.70. The number of hydrogen-bond donors (Lipinski definition) is 0. The average Bonchev–Trinajstić information content (AvgIpc) is 2.35. The van der Waals surface area contributed by atoms with Crippen molar-refractivity contribution in [2.75, 3.05) is 0 Å². The van der Waals surface area contributed by atoms with Gasteiger partial charge in [0.25, 0.3) is 0 Å². The van der Waals surface area contributed by atoms with E-state index < -0.39 is 11.6 Å². The molecule has 1 aromatic carbocycles. The molecular formula is C15H16F2O. The molecule has 0 aliphatic heterocycles. The summed E-state index contributed by atoms with van der Waals surface area (Å²) in [6.45, 7) is 0. The van der Waals surface area contributed by atoms with Crippen molar-refractivity contribution in [1.29, 1.82) is 0 Å². The van der Waals surface area contributed by atoms with Gasteiger partial charge in [-0.3, -0.25) is 4.79 Å². The summed E-state index contributed by atoms with van der Waals surface area (Å²) in [4.78, 5) is 11.8. The Balaban J connectivity index is 1.94. The van der Waals surface area contributed by atoms with E-state index in [4.69, 9.17) is 0 Å². The SMILES string of the molecule is O=C(CC1=CCCCC1)Cc1ccc(F)c(F)c1. The lowest BCUT2D eigenvalue weighted by Gasteiger charge is -2.11. The van der Waals surface area contributed by atoms with E-state index in [1.54, 1.807) is 0 Å². The van der Waals surface area contributed by atoms with Gasteiger partial charge in [-0.25, -0.2) is 8.78 Å². The predicted octanol–water partition coefficient (Wildman–Crippen LogP) is 3.97. The van der Waals surface area contributed by atoms with Crippen LogP contribution in [0.25, 0.3) is 0 Å². The standard InChI is InChI=1S/C15H16F2O/c16-14-7-6-12(10-15(14)17)9-13(18)8-11-4-2-1-3-5-11/h4,6-7,10H,1-3,5,8-9H2. The zero-order valence-corrected chi connectivity index (χ0v) is 10.2. The van der Waals surface area contributed by atoms with Crippen LogP contribution in [0.5, 0.6) is 0 Å². The highest BCUT2D eigenvalue weighted by Gasteiger charge is 2.11. The van der Waals surface area contributed by atoms with Crippen LogP contribution in [0.15, 0.2) is 29.8 Å². The van der Waals surface area contributed by atoms with Gasteiger partial charge in [0, 0.05) is 12.8 Å². The first kappa shape index (κ1) is 12.9. The third-order valence-corrected chi connectivity index (χ3v) is 3.19. The van der Waals surface area contributed by atoms with Crippen molar-refractivity contribution in [2.24, 2.45) is 0 Å². The summed E-state index contributed by atoms with van der Waals surface area (Å²) in [5, 5.41) is 0. The number of hydrogen-bond acceptors (Lipinski definition) is 1. The van der Waals surface area contributed by atoms with Gasteiger partial charge in [-0.15, -0.1) is 0 Å². The minimum absolute atomic E-state index is 0.0640. The first-order valence-electron chi connectivity index (χ1n) is 6.28. The summed E-state index contributed by atoms with van der Waals surface area (Å²) in [6.07, 6.45) is 7.13. The smallest absolute Gasteiger partial charge is 0.159 e. The van der Waals surface area contributed by atoms with Gasteiger partial charge >= 0.3 is 0 Å². The molecule has 0 saturated heterocycles. The number of allylic oxidation sites excluding steroid dienone is 2. The van der Waals surface area contributed by atoms with Crippen LogP contribution in [0, 0.1) is 11.6 Å². The van der Waals surface area contributed by atoms with Gasteiger partial charge in [0.05, 0.1) is 0 Å². The molecule has 0 N–H and O–H groups in total. The van der Waals surface area contributed by atoms with Gasteiger partial charge in [-0.05, 0) is 43.4 Å². The topological polar surface area (TPSA) is 17.1 Å². The molecule has 96 valence electrons. The Hall–Kier alpha value is -1.51. The summed E-state index contributed by atoms with van der Waals surface area (Å²) in [7, 11) is 0. The van der Waals surface area contributed by atoms with Crippen molar-refractivity contribution in [2.45, 2.75) is 38.5 Å². The largest absolute Gasteiger partial charge is 0.299 e. The van der Waals surface area contributed by atoms with E-state index in [0.717, 1.165) is 31.4 Å². The Morgan fingerprint density at radius 3 is 2.61 bits per heavy atom. The molecule has 0 heterocycles. The van der Waals surface area contributed by atoms with E-state index in [2.05, 4.69) is 6.08 Å². The number of carbonyl (C=O) groups is 1. The first-order valence-corrected chi connectivity index (χ1v) is 6.28. The molecule has 0 saturated carbocycles. The minimum Gasteiger partial charge on any atom is -0.299 e. The van der Waals surface area contributed by atoms with E-state index in [0.29, 0.717) is 12.0 Å². The highest BCUT2D eigenvalue weighted by atomic mass is 19.2. The second kappa shape index (κ2) is 5.89. The highest BCUT2D eigenvalue weighted by molar-refractivity contribution is 5.83. The van der Waals surface area contributed by atoms with Crippen molar-refractivity contribution in [3.05, 3.63) is 47.0 Å². The van der Waals surface area contributed by atoms with Crippen molar-refractivity contribution in [3.8, 4) is 0 Å². The lowest BCUT2D eigenvalue weighted by Crippen LogP contribution is -2.06. The summed E-state index contributed by atoms with van der Waals surface area (Å²) in [5.41, 5.74) is 1.73. The second-order valence-corrected chi connectivity index (χ2v) is 4.75. The molecular weight excluding hydrogens is 234 g/mol. The molecule has 0 unspecified atom stereocenters. The fraction of sp³-hybridized carbons (Fsp3) is 0.400. The molecule has 1 aliphatic carbocycles. The first-order chi connectivity index (χ1) is 8.65. The monoisotopic (exact) mass is 250 g/mol. The van der Waals surface area contributed by atoms with E-state index in [9.17, 15) is 13.6 Å². The van der Waals surface area contributed by atoms with Gasteiger partial charge in [0.2, 0.25) is 0 Å². The third-order valence-electron chi connectivity index (χ3n) is 3.19. The van der Waals surface area contributed by atoms with Crippen LogP contribution in [-0.4, -0.2) is 5.78 Å². The number of halogens is 2. The molecule has 0 atom stereocenters. The average molecular weight is 250 g/mol. The zero-order chi connectivity index (χ0) is 13.0. The summed E-state index contributed by atoms with van der Waals surface area (Å²) >= 11 is 0. The van der Waals surface area contributed by atoms with E-state index in [1.165, 1.54) is 18.1 Å². The van der Waals surface area contributed by atoms with Crippen LogP contribution >= 0.6 is 0 Å². The Morgan fingerprint density at radius 1 is 1.11 bits per heavy atom. The number of ketones is 1. The molecule has 1 aromatic rings. The van der Waals surface area contributed by atoms with E-state index in [-0.39, 0.29) is 12.2 Å². The van der Waals surface area contributed by atoms with Gasteiger partial charge in [-0.2, -0.15) is 0 Å². The molecule has 0 spiro atoms. The Morgan fingerprint density at radius 2 is 1.94 bits per heavy atom. The molecule has 2 rings (SSSR count). The maximum absolute atomic E-state index is 13.0. The zero-order valence-electron chi connectivity index (χ0n) is 10.2. The highest BCUT2D eigenvalue weighted by Crippen LogP contribution is 2.21. The minimum atomic E-state index is -0.891. The second-order valence-electron chi connectivity index (χ2n) is 4.75. The number of Topliss-reactive ketones (excluding diaryl/α,β-unsaturated/α-hetero) is 1. The predicted molar refractivity (Wildman–Crippen MR) is 66.2 cm³/mol. The molecule has 18 heavy (non-hydrogen) atoms. The van der Waals surface area contributed by atoms with Crippen molar-refractivity contribution < 1.29 is 13.6 Å². The van der Waals surface area contributed by atoms with Crippen LogP contribution in [0.1, 0.15) is 37.7 Å². The van der Waals surface area contributed by atoms with Crippen LogP contribution < -0.4 is 0 Å². The number of benzene rings is 1. The summed E-state index contributed by atoms with van der Waals surface area (Å²) < 4.78 is 25.7. The molecule has 3 heteroatoms. The van der Waals surface area contributed by atoms with Gasteiger partial charge < -0.3 is 0 Å². The number of carbonyl (C=O) groups excluding carboxylic acids is 1. The summed E-state index contributed by atoms with van der Waals surface area (Å²) in [6, 6.07) is 3.63. The fourth-order valence-electron chi connectivity index (χ4n) is 2.26. The van der Waals surface area contributed by atoms with Crippen molar-refractivity contribution in [1.82, 2.24) is 0 Å². The molecule has 0 aromatic heterocycles. The van der Waals surface area contributed by atoms with Crippen LogP contribution in [-0.2, 0) is 11.2 Å². The molecule has 0 amide bonds. The Labute approximate surface area is 106 Å². The van der Waals surface area contributed by atoms with Gasteiger partial charge in [0.15, 0.2) is 11.6 Å². The third kappa shape index (κ3) is 3.49. The van der Waals surface area contributed by atoms with Gasteiger partial charge in [-0.1, -0.05) is 17.7 Å². The maximum atomic E-state index is 13.0. The lowest BCUT2D eigenvalue weighted by molar-refractivity contribution is -0.117. The molecule has 0 bridgehead atoms. The van der Waals surface area contributed by atoms with Crippen LogP contribution in [0.4, 0.5) is 8.78 Å². The quantitative estimate of drug-likeness (QED) is 0.739. The van der Waals surface area contributed by atoms with Crippen LogP contribution in [0.3, 0.4) is 0 Å². The number of rotatable bonds is 4. The van der Waals surface area contributed by atoms with E-state index >= 15 is 0 Å². The normalized spacial score (nSPS) is 15.3. The lowest BCUT2D eigenvalue weighted by atomic mass is 9.94. The Bertz CT molecular complexity index is 477. The molecule has 1 nitrogen and oxygen atoms in total. The fourth-order valence-corrected chi connectivity index (χ4v) is 2.26. The molecule has 0 fully saturated rings. The maximum Gasteiger partial charge on any atom is 0.159 e. The van der Waals surface area contributed by atoms with E-state index in [1.807, 2.05) is 0 Å². The molecule has 0 radical (unpaired) electrons. The Kier molecular flexibility index (Phi) is 4.24. The van der Waals surface area contributed by atoms with Gasteiger partial charge in [0.1, 0.15) is 5.78 Å².